The Morgan fingerprint density at radius 1 is 0.938 bits per heavy atom. The van der Waals surface area contributed by atoms with Crippen LogP contribution in [0, 0.1) is 0 Å². The van der Waals surface area contributed by atoms with Crippen molar-refractivity contribution in [3.05, 3.63) is 45.4 Å². The summed E-state index contributed by atoms with van der Waals surface area (Å²) in [5.41, 5.74) is 2.13. The van der Waals surface area contributed by atoms with Crippen LogP contribution in [0.5, 0.6) is 0 Å². The summed E-state index contributed by atoms with van der Waals surface area (Å²) in [6, 6.07) is 6.11. The summed E-state index contributed by atoms with van der Waals surface area (Å²) in [6.45, 7) is 2.05. The second kappa shape index (κ2) is 5.06. The zero-order chi connectivity index (χ0) is 11.5. The third kappa shape index (κ3) is 2.68. The van der Waals surface area contributed by atoms with E-state index < -0.39 is 0 Å². The predicted octanol–water partition coefficient (Wildman–Crippen LogP) is 4.23. The summed E-state index contributed by atoms with van der Waals surface area (Å²) >= 11 is 6.94. The molecule has 2 aromatic rings. The van der Waals surface area contributed by atoms with Crippen LogP contribution in [0.3, 0.4) is 0 Å². The number of hydrogen-bond acceptors (Lipinski definition) is 2. The second-order valence-corrected chi connectivity index (χ2v) is 5.23. The second-order valence-electron chi connectivity index (χ2n) is 3.40. The first-order valence-electron chi connectivity index (χ1n) is 4.96. The van der Waals surface area contributed by atoms with E-state index in [9.17, 15) is 0 Å². The molecule has 1 heterocycles. The molecule has 0 fully saturated rings. The molecule has 0 aliphatic heterocycles. The molecular weight excluding hydrogens is 332 g/mol. The minimum atomic E-state index is 0.864. The fraction of sp³-hybridized carbons (Fsp3) is 0.167. The molecule has 82 valence electrons. The third-order valence-corrected chi connectivity index (χ3v) is 3.13. The van der Waals surface area contributed by atoms with Gasteiger partial charge in [-0.25, -0.2) is 9.97 Å². The molecule has 0 aliphatic rings. The molecular formula is C12H10Br2N2. The predicted molar refractivity (Wildman–Crippen MR) is 72.2 cm³/mol. The fourth-order valence-electron chi connectivity index (χ4n) is 1.41. The Balaban J connectivity index is 2.42. The minimum absolute atomic E-state index is 0.864. The van der Waals surface area contributed by atoms with Crippen LogP contribution in [-0.2, 0) is 6.42 Å². The van der Waals surface area contributed by atoms with Gasteiger partial charge in [-0.2, -0.15) is 0 Å². The van der Waals surface area contributed by atoms with E-state index in [1.807, 2.05) is 25.4 Å². The Labute approximate surface area is 111 Å². The van der Waals surface area contributed by atoms with Crippen LogP contribution in [0.4, 0.5) is 0 Å². The first kappa shape index (κ1) is 11.7. The van der Waals surface area contributed by atoms with E-state index >= 15 is 0 Å². The number of rotatable bonds is 2. The number of nitrogens with zero attached hydrogens (tertiary/aromatic N) is 2. The van der Waals surface area contributed by atoms with Gasteiger partial charge in [-0.1, -0.05) is 38.8 Å². The lowest BCUT2D eigenvalue weighted by atomic mass is 10.1. The molecule has 1 aromatic heterocycles. The molecule has 0 unspecified atom stereocenters. The van der Waals surface area contributed by atoms with Crippen molar-refractivity contribution in [1.29, 1.82) is 0 Å². The van der Waals surface area contributed by atoms with Crippen molar-refractivity contribution < 1.29 is 0 Å². The molecule has 0 saturated carbocycles. The molecule has 2 nitrogen and oxygen atoms in total. The molecule has 16 heavy (non-hydrogen) atoms. The van der Waals surface area contributed by atoms with Gasteiger partial charge in [0.15, 0.2) is 0 Å². The zero-order valence-electron chi connectivity index (χ0n) is 8.74. The van der Waals surface area contributed by atoms with Gasteiger partial charge in [-0.05, 0) is 23.8 Å². The van der Waals surface area contributed by atoms with E-state index in [0.29, 0.717) is 0 Å². The Morgan fingerprint density at radius 3 is 2.00 bits per heavy atom. The van der Waals surface area contributed by atoms with Crippen molar-refractivity contribution in [2.75, 3.05) is 0 Å². The maximum atomic E-state index is 4.29. The van der Waals surface area contributed by atoms with Crippen LogP contribution in [0.15, 0.2) is 39.5 Å². The molecule has 0 amide bonds. The number of halogens is 2. The highest BCUT2D eigenvalue weighted by Crippen LogP contribution is 2.26. The summed E-state index contributed by atoms with van der Waals surface area (Å²) < 4.78 is 2.08. The van der Waals surface area contributed by atoms with Gasteiger partial charge in [0.2, 0.25) is 0 Å². The standard InChI is InChI=1S/C12H10Br2N2/c1-2-12-15-6-9(7-16-12)8-3-10(13)5-11(14)4-8/h3-7H,2H2,1H3. The lowest BCUT2D eigenvalue weighted by Gasteiger charge is -2.03. The number of aromatic nitrogens is 2. The molecule has 0 N–H and O–H groups in total. The van der Waals surface area contributed by atoms with Crippen LogP contribution >= 0.6 is 31.9 Å². The van der Waals surface area contributed by atoms with Crippen molar-refractivity contribution in [2.24, 2.45) is 0 Å². The normalized spacial score (nSPS) is 10.4. The van der Waals surface area contributed by atoms with Crippen LogP contribution in [0.1, 0.15) is 12.7 Å². The first-order valence-corrected chi connectivity index (χ1v) is 6.55. The maximum Gasteiger partial charge on any atom is 0.127 e. The van der Waals surface area contributed by atoms with Gasteiger partial charge in [0.05, 0.1) is 0 Å². The highest BCUT2D eigenvalue weighted by molar-refractivity contribution is 9.11. The average molecular weight is 342 g/mol. The smallest absolute Gasteiger partial charge is 0.127 e. The van der Waals surface area contributed by atoms with E-state index in [1.165, 1.54) is 0 Å². The Morgan fingerprint density at radius 2 is 1.50 bits per heavy atom. The topological polar surface area (TPSA) is 25.8 Å². The minimum Gasteiger partial charge on any atom is -0.241 e. The molecule has 4 heteroatoms. The fourth-order valence-corrected chi connectivity index (χ4v) is 2.70. The Bertz CT molecular complexity index is 475. The molecule has 1 aromatic carbocycles. The van der Waals surface area contributed by atoms with Crippen molar-refractivity contribution in [2.45, 2.75) is 13.3 Å². The Hall–Kier alpha value is -0.740. The van der Waals surface area contributed by atoms with Crippen molar-refractivity contribution in [3.63, 3.8) is 0 Å². The summed E-state index contributed by atoms with van der Waals surface area (Å²) in [5, 5.41) is 0. The molecule has 0 aliphatic carbocycles. The van der Waals surface area contributed by atoms with Gasteiger partial charge in [0.1, 0.15) is 5.82 Å². The number of benzene rings is 1. The highest BCUT2D eigenvalue weighted by Gasteiger charge is 2.02. The van der Waals surface area contributed by atoms with Crippen molar-refractivity contribution in [3.8, 4) is 11.1 Å². The average Bonchev–Trinajstić information content (AvgIpc) is 2.28. The highest BCUT2D eigenvalue weighted by atomic mass is 79.9. The van der Waals surface area contributed by atoms with Crippen LogP contribution in [-0.4, -0.2) is 9.97 Å². The van der Waals surface area contributed by atoms with Gasteiger partial charge >= 0.3 is 0 Å². The van der Waals surface area contributed by atoms with Gasteiger partial charge in [0, 0.05) is 33.3 Å². The summed E-state index contributed by atoms with van der Waals surface area (Å²) in [6.07, 6.45) is 4.59. The molecule has 0 saturated heterocycles. The van der Waals surface area contributed by atoms with E-state index in [1.54, 1.807) is 0 Å². The molecule has 0 radical (unpaired) electrons. The lowest BCUT2D eigenvalue weighted by molar-refractivity contribution is 0.941. The zero-order valence-corrected chi connectivity index (χ0v) is 11.9. The number of aryl methyl sites for hydroxylation is 1. The summed E-state index contributed by atoms with van der Waals surface area (Å²) in [5.74, 6) is 0.873. The third-order valence-electron chi connectivity index (χ3n) is 2.22. The number of hydrogen-bond donors (Lipinski definition) is 0. The van der Waals surface area contributed by atoms with Gasteiger partial charge in [-0.15, -0.1) is 0 Å². The van der Waals surface area contributed by atoms with Crippen molar-refractivity contribution in [1.82, 2.24) is 9.97 Å². The SMILES string of the molecule is CCc1ncc(-c2cc(Br)cc(Br)c2)cn1. The van der Waals surface area contributed by atoms with E-state index in [2.05, 4.69) is 54.0 Å². The van der Waals surface area contributed by atoms with Gasteiger partial charge in [-0.3, -0.25) is 0 Å². The van der Waals surface area contributed by atoms with Crippen molar-refractivity contribution >= 4 is 31.9 Å². The molecule has 2 rings (SSSR count). The summed E-state index contributed by atoms with van der Waals surface area (Å²) in [4.78, 5) is 8.58. The Kier molecular flexibility index (Phi) is 3.71. The van der Waals surface area contributed by atoms with E-state index in [-0.39, 0.29) is 0 Å². The molecule has 0 bridgehead atoms. The summed E-state index contributed by atoms with van der Waals surface area (Å²) in [7, 11) is 0. The monoisotopic (exact) mass is 340 g/mol. The lowest BCUT2D eigenvalue weighted by Crippen LogP contribution is -1.92. The van der Waals surface area contributed by atoms with E-state index in [4.69, 9.17) is 0 Å². The van der Waals surface area contributed by atoms with Gasteiger partial charge < -0.3 is 0 Å². The first-order chi connectivity index (χ1) is 7.69. The maximum absolute atomic E-state index is 4.29. The molecule has 0 spiro atoms. The quantitative estimate of drug-likeness (QED) is 0.816. The van der Waals surface area contributed by atoms with E-state index in [0.717, 1.165) is 32.3 Å². The van der Waals surface area contributed by atoms with Crippen LogP contribution < -0.4 is 0 Å². The molecule has 0 atom stereocenters. The van der Waals surface area contributed by atoms with Crippen LogP contribution in [0.2, 0.25) is 0 Å². The van der Waals surface area contributed by atoms with Crippen LogP contribution in [0.25, 0.3) is 11.1 Å². The largest absolute Gasteiger partial charge is 0.241 e. The van der Waals surface area contributed by atoms with Gasteiger partial charge in [0.25, 0.3) is 0 Å².